The molecule has 0 saturated heterocycles. The van der Waals surface area contributed by atoms with Gasteiger partial charge in [0.2, 0.25) is 6.79 Å². The molecule has 0 aliphatic carbocycles. The Bertz CT molecular complexity index is 1110. The van der Waals surface area contributed by atoms with Crippen LogP contribution in [0.3, 0.4) is 0 Å². The van der Waals surface area contributed by atoms with Gasteiger partial charge in [-0.05, 0) is 42.8 Å². The molecule has 2 aromatic carbocycles. The Kier molecular flexibility index (Phi) is 5.36. The number of nitrogens with one attached hydrogen (secondary N) is 2. The van der Waals surface area contributed by atoms with Gasteiger partial charge in [-0.15, -0.1) is 0 Å². The number of carbonyl (C=O) groups excluding carboxylic acids is 1. The van der Waals surface area contributed by atoms with E-state index in [0.29, 0.717) is 58.5 Å². The van der Waals surface area contributed by atoms with Gasteiger partial charge in [0.25, 0.3) is 5.91 Å². The summed E-state index contributed by atoms with van der Waals surface area (Å²) in [5, 5.41) is 16.9. The van der Waals surface area contributed by atoms with Crippen molar-refractivity contribution in [1.82, 2.24) is 10.3 Å². The summed E-state index contributed by atoms with van der Waals surface area (Å²) in [4.78, 5) is 16.6. The van der Waals surface area contributed by atoms with Crippen LogP contribution in [0.25, 0.3) is 10.9 Å². The quantitative estimate of drug-likeness (QED) is 0.603. The Labute approximate surface area is 172 Å². The van der Waals surface area contributed by atoms with Crippen LogP contribution in [0.5, 0.6) is 11.5 Å². The number of nitrogens with zero attached hydrogens (tertiary/aromatic N) is 2. The average Bonchev–Trinajstić information content (AvgIpc) is 3.18. The maximum absolute atomic E-state index is 12.1. The molecular weight excluding hydrogens is 392 g/mol. The smallest absolute Gasteiger partial charge is 0.251 e. The molecule has 0 unspecified atom stereocenters. The average molecular weight is 409 g/mol. The molecule has 4 rings (SSSR count). The summed E-state index contributed by atoms with van der Waals surface area (Å²) in [6.45, 7) is 1.23. The Morgan fingerprint density at radius 1 is 1.14 bits per heavy atom. The summed E-state index contributed by atoms with van der Waals surface area (Å²) >= 11 is 5.83. The number of nitriles is 1. The van der Waals surface area contributed by atoms with Gasteiger partial charge in [0.15, 0.2) is 11.5 Å². The van der Waals surface area contributed by atoms with Crippen LogP contribution in [0.2, 0.25) is 5.02 Å². The minimum absolute atomic E-state index is 0.153. The zero-order valence-corrected chi connectivity index (χ0v) is 16.1. The van der Waals surface area contributed by atoms with Crippen molar-refractivity contribution in [2.45, 2.75) is 6.42 Å². The maximum atomic E-state index is 12.1. The standard InChI is InChI=1S/C21H17ClN4O3/c22-16-4-2-13(3-5-16)21(27)25-7-1-6-24-20-15(11-23)8-14-9-18-19(29-12-28-18)10-17(14)26-20/h2-5,8-10H,1,6-7,12H2,(H,24,26)(H,25,27). The van der Waals surface area contributed by atoms with Crippen molar-refractivity contribution < 1.29 is 14.3 Å². The summed E-state index contributed by atoms with van der Waals surface area (Å²) in [6.07, 6.45) is 0.672. The molecule has 2 heterocycles. The van der Waals surface area contributed by atoms with Crippen molar-refractivity contribution in [3.63, 3.8) is 0 Å². The number of hydrogen-bond acceptors (Lipinski definition) is 6. The number of amides is 1. The summed E-state index contributed by atoms with van der Waals surface area (Å²) in [6, 6.07) is 14.3. The summed E-state index contributed by atoms with van der Waals surface area (Å²) in [5.74, 6) is 1.65. The third-order valence-corrected chi connectivity index (χ3v) is 4.72. The SMILES string of the molecule is N#Cc1cc2cc3c(cc2nc1NCCCNC(=O)c1ccc(Cl)cc1)OCO3. The molecule has 2 N–H and O–H groups in total. The predicted octanol–water partition coefficient (Wildman–Crippen LogP) is 3.72. The van der Waals surface area contributed by atoms with Crippen molar-refractivity contribution in [1.29, 1.82) is 5.26 Å². The number of benzene rings is 2. The predicted molar refractivity (Wildman–Crippen MR) is 109 cm³/mol. The lowest BCUT2D eigenvalue weighted by Gasteiger charge is -2.10. The van der Waals surface area contributed by atoms with Crippen molar-refractivity contribution in [2.75, 3.05) is 25.2 Å². The van der Waals surface area contributed by atoms with Crippen LogP contribution in [0, 0.1) is 11.3 Å². The third-order valence-electron chi connectivity index (χ3n) is 4.47. The van der Waals surface area contributed by atoms with E-state index in [2.05, 4.69) is 21.7 Å². The number of anilines is 1. The second-order valence-electron chi connectivity index (χ2n) is 6.44. The second-order valence-corrected chi connectivity index (χ2v) is 6.87. The molecule has 8 heteroatoms. The lowest BCUT2D eigenvalue weighted by atomic mass is 10.1. The van der Waals surface area contributed by atoms with Gasteiger partial charge in [0, 0.05) is 35.1 Å². The molecule has 0 saturated carbocycles. The van der Waals surface area contributed by atoms with E-state index in [0.717, 1.165) is 5.39 Å². The van der Waals surface area contributed by atoms with E-state index in [1.165, 1.54) is 0 Å². The minimum atomic E-state index is -0.153. The van der Waals surface area contributed by atoms with Gasteiger partial charge < -0.3 is 20.1 Å². The number of hydrogen-bond donors (Lipinski definition) is 2. The monoisotopic (exact) mass is 408 g/mol. The van der Waals surface area contributed by atoms with Crippen molar-refractivity contribution in [3.05, 3.63) is 58.6 Å². The van der Waals surface area contributed by atoms with Gasteiger partial charge in [-0.25, -0.2) is 4.98 Å². The molecule has 29 heavy (non-hydrogen) atoms. The summed E-state index contributed by atoms with van der Waals surface area (Å²) in [7, 11) is 0. The highest BCUT2D eigenvalue weighted by Gasteiger charge is 2.16. The molecule has 0 spiro atoms. The highest BCUT2D eigenvalue weighted by molar-refractivity contribution is 6.30. The lowest BCUT2D eigenvalue weighted by molar-refractivity contribution is 0.0953. The second kappa shape index (κ2) is 8.25. The molecule has 1 aliphatic rings. The van der Waals surface area contributed by atoms with Crippen LogP contribution in [-0.4, -0.2) is 30.8 Å². The van der Waals surface area contributed by atoms with Gasteiger partial charge in [-0.3, -0.25) is 4.79 Å². The van der Waals surface area contributed by atoms with Gasteiger partial charge in [-0.2, -0.15) is 5.26 Å². The van der Waals surface area contributed by atoms with Crippen molar-refractivity contribution >= 4 is 34.2 Å². The molecule has 7 nitrogen and oxygen atoms in total. The van der Waals surface area contributed by atoms with Crippen LogP contribution in [0.1, 0.15) is 22.3 Å². The highest BCUT2D eigenvalue weighted by atomic mass is 35.5. The number of ether oxygens (including phenoxy) is 2. The van der Waals surface area contributed by atoms with Crippen molar-refractivity contribution in [3.8, 4) is 17.6 Å². The fourth-order valence-corrected chi connectivity index (χ4v) is 3.11. The van der Waals surface area contributed by atoms with E-state index in [4.69, 9.17) is 21.1 Å². The van der Waals surface area contributed by atoms with Gasteiger partial charge in [0.1, 0.15) is 11.9 Å². The lowest BCUT2D eigenvalue weighted by Crippen LogP contribution is -2.25. The number of carbonyl (C=O) groups is 1. The fraction of sp³-hybridized carbons (Fsp3) is 0.190. The number of halogens is 1. The van der Waals surface area contributed by atoms with Crippen molar-refractivity contribution in [2.24, 2.45) is 0 Å². The fourth-order valence-electron chi connectivity index (χ4n) is 2.98. The first kappa shape index (κ1) is 18.8. The molecule has 0 fully saturated rings. The minimum Gasteiger partial charge on any atom is -0.454 e. The molecule has 0 bridgehead atoms. The first-order valence-electron chi connectivity index (χ1n) is 9.06. The number of fused-ring (bicyclic) bond motifs is 2. The number of pyridine rings is 1. The maximum Gasteiger partial charge on any atom is 0.251 e. The first-order valence-corrected chi connectivity index (χ1v) is 9.44. The normalized spacial score (nSPS) is 11.9. The van der Waals surface area contributed by atoms with Crippen LogP contribution < -0.4 is 20.1 Å². The first-order chi connectivity index (χ1) is 14.1. The van der Waals surface area contributed by atoms with Crippen LogP contribution in [0.15, 0.2) is 42.5 Å². The van der Waals surface area contributed by atoms with Gasteiger partial charge >= 0.3 is 0 Å². The molecule has 3 aromatic rings. The van der Waals surface area contributed by atoms with Crippen LogP contribution >= 0.6 is 11.6 Å². The van der Waals surface area contributed by atoms with Crippen LogP contribution in [-0.2, 0) is 0 Å². The Balaban J connectivity index is 1.35. The Hall–Kier alpha value is -3.50. The zero-order valence-electron chi connectivity index (χ0n) is 15.4. The van der Waals surface area contributed by atoms with E-state index in [9.17, 15) is 10.1 Å². The van der Waals surface area contributed by atoms with Gasteiger partial charge in [-0.1, -0.05) is 11.6 Å². The molecule has 1 amide bonds. The number of aromatic nitrogens is 1. The molecule has 146 valence electrons. The van der Waals surface area contributed by atoms with Gasteiger partial charge in [0.05, 0.1) is 11.1 Å². The van der Waals surface area contributed by atoms with E-state index in [1.54, 1.807) is 36.4 Å². The zero-order chi connectivity index (χ0) is 20.2. The third kappa shape index (κ3) is 4.18. The largest absolute Gasteiger partial charge is 0.454 e. The molecular formula is C21H17ClN4O3. The summed E-state index contributed by atoms with van der Waals surface area (Å²) < 4.78 is 10.8. The topological polar surface area (TPSA) is 96.3 Å². The Morgan fingerprint density at radius 2 is 1.90 bits per heavy atom. The molecule has 0 radical (unpaired) electrons. The van der Waals surface area contributed by atoms with E-state index >= 15 is 0 Å². The summed E-state index contributed by atoms with van der Waals surface area (Å²) in [5.41, 5.74) is 1.72. The van der Waals surface area contributed by atoms with E-state index in [-0.39, 0.29) is 12.7 Å². The number of rotatable bonds is 6. The Morgan fingerprint density at radius 3 is 2.66 bits per heavy atom. The molecule has 1 aliphatic heterocycles. The van der Waals surface area contributed by atoms with E-state index < -0.39 is 0 Å². The highest BCUT2D eigenvalue weighted by Crippen LogP contribution is 2.36. The van der Waals surface area contributed by atoms with Crippen LogP contribution in [0.4, 0.5) is 5.82 Å². The molecule has 0 atom stereocenters. The van der Waals surface area contributed by atoms with E-state index in [1.807, 2.05) is 6.07 Å². The molecule has 1 aromatic heterocycles.